The van der Waals surface area contributed by atoms with Crippen LogP contribution in [0, 0.1) is 5.92 Å². The minimum absolute atomic E-state index is 0.0176. The van der Waals surface area contributed by atoms with Gasteiger partial charge in [0.05, 0.1) is 10.9 Å². The van der Waals surface area contributed by atoms with Crippen LogP contribution in [0.25, 0.3) is 0 Å². The zero-order valence-electron chi connectivity index (χ0n) is 8.69. The molecule has 0 saturated carbocycles. The van der Waals surface area contributed by atoms with Crippen LogP contribution in [0.2, 0.25) is 5.02 Å². The van der Waals surface area contributed by atoms with E-state index in [1.165, 1.54) is 0 Å². The zero-order valence-corrected chi connectivity index (χ0v) is 9.44. The van der Waals surface area contributed by atoms with Crippen LogP contribution in [-0.2, 0) is 4.79 Å². The van der Waals surface area contributed by atoms with Crippen LogP contribution in [0.4, 0.5) is 0 Å². The number of hydrogen-bond acceptors (Lipinski definition) is 3. The molecule has 4 nitrogen and oxygen atoms in total. The summed E-state index contributed by atoms with van der Waals surface area (Å²) in [4.78, 5) is 15.3. The van der Waals surface area contributed by atoms with Gasteiger partial charge in [0, 0.05) is 24.4 Å². The van der Waals surface area contributed by atoms with Crippen molar-refractivity contribution in [3.05, 3.63) is 29.0 Å². The van der Waals surface area contributed by atoms with E-state index in [4.69, 9.17) is 16.7 Å². The van der Waals surface area contributed by atoms with Crippen molar-refractivity contribution in [2.75, 3.05) is 13.1 Å². The summed E-state index contributed by atoms with van der Waals surface area (Å²) in [5.41, 5.74) is 0.818. The summed E-state index contributed by atoms with van der Waals surface area (Å²) in [5.74, 6) is -1.19. The van der Waals surface area contributed by atoms with Gasteiger partial charge in [0.1, 0.15) is 0 Å². The van der Waals surface area contributed by atoms with Gasteiger partial charge in [0.15, 0.2) is 0 Å². The zero-order chi connectivity index (χ0) is 11.5. The lowest BCUT2D eigenvalue weighted by Gasteiger charge is -2.28. The van der Waals surface area contributed by atoms with Crippen LogP contribution in [0.1, 0.15) is 18.0 Å². The van der Waals surface area contributed by atoms with Gasteiger partial charge in [-0.1, -0.05) is 11.6 Å². The summed E-state index contributed by atoms with van der Waals surface area (Å²) >= 11 is 5.76. The third-order valence-electron chi connectivity index (χ3n) is 2.93. The van der Waals surface area contributed by atoms with Crippen molar-refractivity contribution in [1.29, 1.82) is 0 Å². The standard InChI is InChI=1S/C11H13ClN2O2/c12-7-1-2-10(14-5-7)8-3-4-13-6-9(8)11(15)16/h1-2,5,8-9,13H,3-4,6H2,(H,15,16). The Bertz CT molecular complexity index is 380. The molecule has 1 aromatic rings. The fraction of sp³-hybridized carbons (Fsp3) is 0.455. The van der Waals surface area contributed by atoms with Crippen LogP contribution in [0.5, 0.6) is 0 Å². The Morgan fingerprint density at radius 2 is 2.38 bits per heavy atom. The third-order valence-corrected chi connectivity index (χ3v) is 3.15. The minimum atomic E-state index is -0.769. The van der Waals surface area contributed by atoms with Crippen molar-refractivity contribution in [3.8, 4) is 0 Å². The molecule has 5 heteroatoms. The van der Waals surface area contributed by atoms with Gasteiger partial charge in [-0.15, -0.1) is 0 Å². The molecule has 1 aromatic heterocycles. The van der Waals surface area contributed by atoms with Crippen molar-refractivity contribution < 1.29 is 9.90 Å². The highest BCUT2D eigenvalue weighted by molar-refractivity contribution is 6.30. The molecule has 0 spiro atoms. The predicted octanol–water partition coefficient (Wildman–Crippen LogP) is 1.51. The number of aliphatic carboxylic acids is 1. The van der Waals surface area contributed by atoms with Crippen molar-refractivity contribution in [3.63, 3.8) is 0 Å². The van der Waals surface area contributed by atoms with E-state index in [-0.39, 0.29) is 5.92 Å². The van der Waals surface area contributed by atoms with Gasteiger partial charge in [0.2, 0.25) is 0 Å². The molecule has 0 bridgehead atoms. The molecule has 0 amide bonds. The molecule has 2 unspecified atom stereocenters. The lowest BCUT2D eigenvalue weighted by Crippen LogP contribution is -2.39. The molecule has 2 heterocycles. The molecule has 1 aliphatic heterocycles. The van der Waals surface area contributed by atoms with Gasteiger partial charge in [0.25, 0.3) is 0 Å². The monoisotopic (exact) mass is 240 g/mol. The van der Waals surface area contributed by atoms with Gasteiger partial charge >= 0.3 is 5.97 Å². The topological polar surface area (TPSA) is 62.2 Å². The molecule has 1 fully saturated rings. The summed E-state index contributed by atoms with van der Waals surface area (Å²) in [7, 11) is 0. The summed E-state index contributed by atoms with van der Waals surface area (Å²) in [6.07, 6.45) is 2.36. The summed E-state index contributed by atoms with van der Waals surface area (Å²) < 4.78 is 0. The number of carboxylic acids is 1. The molecule has 0 radical (unpaired) electrons. The average molecular weight is 241 g/mol. The Hall–Kier alpha value is -1.13. The second-order valence-electron chi connectivity index (χ2n) is 3.95. The Labute approximate surface area is 98.6 Å². The molecule has 1 aliphatic rings. The van der Waals surface area contributed by atoms with E-state index in [1.807, 2.05) is 6.07 Å². The normalized spacial score (nSPS) is 25.3. The van der Waals surface area contributed by atoms with E-state index >= 15 is 0 Å². The maximum Gasteiger partial charge on any atom is 0.308 e. The van der Waals surface area contributed by atoms with E-state index in [2.05, 4.69) is 10.3 Å². The highest BCUT2D eigenvalue weighted by atomic mass is 35.5. The first-order chi connectivity index (χ1) is 7.68. The number of aromatic nitrogens is 1. The quantitative estimate of drug-likeness (QED) is 0.823. The largest absolute Gasteiger partial charge is 0.481 e. The summed E-state index contributed by atoms with van der Waals surface area (Å²) in [5, 5.41) is 12.8. The Kier molecular flexibility index (Phi) is 3.41. The molecule has 86 valence electrons. The molecule has 1 saturated heterocycles. The number of hydrogen-bond donors (Lipinski definition) is 2. The second-order valence-corrected chi connectivity index (χ2v) is 4.38. The van der Waals surface area contributed by atoms with Crippen LogP contribution in [0.15, 0.2) is 18.3 Å². The number of halogens is 1. The number of carboxylic acid groups (broad SMARTS) is 1. The van der Waals surface area contributed by atoms with Crippen molar-refractivity contribution >= 4 is 17.6 Å². The SMILES string of the molecule is O=C(O)C1CNCCC1c1ccc(Cl)cn1. The lowest BCUT2D eigenvalue weighted by atomic mass is 9.84. The summed E-state index contributed by atoms with van der Waals surface area (Å²) in [6, 6.07) is 3.57. The fourth-order valence-corrected chi connectivity index (χ4v) is 2.19. The van der Waals surface area contributed by atoms with E-state index in [0.717, 1.165) is 18.7 Å². The highest BCUT2D eigenvalue weighted by Crippen LogP contribution is 2.29. The van der Waals surface area contributed by atoms with Crippen LogP contribution >= 0.6 is 11.6 Å². The number of piperidine rings is 1. The fourth-order valence-electron chi connectivity index (χ4n) is 2.08. The molecule has 0 aliphatic carbocycles. The van der Waals surface area contributed by atoms with E-state index < -0.39 is 11.9 Å². The van der Waals surface area contributed by atoms with Crippen LogP contribution in [-0.4, -0.2) is 29.1 Å². The average Bonchev–Trinajstić information content (AvgIpc) is 2.30. The smallest absolute Gasteiger partial charge is 0.308 e. The Balaban J connectivity index is 2.23. The Morgan fingerprint density at radius 1 is 1.56 bits per heavy atom. The van der Waals surface area contributed by atoms with Gasteiger partial charge in [-0.05, 0) is 25.1 Å². The van der Waals surface area contributed by atoms with E-state index in [1.54, 1.807) is 12.3 Å². The Morgan fingerprint density at radius 3 is 3.00 bits per heavy atom. The number of nitrogens with one attached hydrogen (secondary N) is 1. The second kappa shape index (κ2) is 4.80. The molecule has 2 N–H and O–H groups in total. The van der Waals surface area contributed by atoms with Crippen molar-refractivity contribution in [1.82, 2.24) is 10.3 Å². The number of carbonyl (C=O) groups is 1. The molecule has 16 heavy (non-hydrogen) atoms. The van der Waals surface area contributed by atoms with E-state index in [9.17, 15) is 4.79 Å². The predicted molar refractivity (Wildman–Crippen MR) is 60.6 cm³/mol. The lowest BCUT2D eigenvalue weighted by molar-refractivity contribution is -0.143. The first-order valence-electron chi connectivity index (χ1n) is 5.23. The first kappa shape index (κ1) is 11.4. The van der Waals surface area contributed by atoms with E-state index in [0.29, 0.717) is 11.6 Å². The molecule has 2 atom stereocenters. The summed E-state index contributed by atoms with van der Waals surface area (Å²) in [6.45, 7) is 1.34. The van der Waals surface area contributed by atoms with Gasteiger partial charge < -0.3 is 10.4 Å². The van der Waals surface area contributed by atoms with Gasteiger partial charge in [-0.3, -0.25) is 9.78 Å². The molecular formula is C11H13ClN2O2. The highest BCUT2D eigenvalue weighted by Gasteiger charge is 2.32. The van der Waals surface area contributed by atoms with Gasteiger partial charge in [-0.2, -0.15) is 0 Å². The number of nitrogens with zero attached hydrogens (tertiary/aromatic N) is 1. The maximum absolute atomic E-state index is 11.1. The van der Waals surface area contributed by atoms with Crippen LogP contribution in [0.3, 0.4) is 0 Å². The third kappa shape index (κ3) is 2.33. The van der Waals surface area contributed by atoms with Gasteiger partial charge in [-0.25, -0.2) is 0 Å². The van der Waals surface area contributed by atoms with Crippen molar-refractivity contribution in [2.45, 2.75) is 12.3 Å². The number of pyridine rings is 1. The first-order valence-corrected chi connectivity index (χ1v) is 5.61. The van der Waals surface area contributed by atoms with Crippen molar-refractivity contribution in [2.24, 2.45) is 5.92 Å². The molecule has 0 aromatic carbocycles. The minimum Gasteiger partial charge on any atom is -0.481 e. The number of rotatable bonds is 2. The van der Waals surface area contributed by atoms with Crippen LogP contribution < -0.4 is 5.32 Å². The maximum atomic E-state index is 11.1. The molecule has 2 rings (SSSR count). The molecular weight excluding hydrogens is 228 g/mol.